The van der Waals surface area contributed by atoms with E-state index in [1.54, 1.807) is 5.57 Å². The van der Waals surface area contributed by atoms with Crippen molar-refractivity contribution in [2.75, 3.05) is 19.6 Å². The second-order valence-corrected chi connectivity index (χ2v) is 8.41. The van der Waals surface area contributed by atoms with E-state index < -0.39 is 0 Å². The number of aromatic nitrogens is 1. The van der Waals surface area contributed by atoms with Gasteiger partial charge in [0.2, 0.25) is 0 Å². The van der Waals surface area contributed by atoms with Crippen LogP contribution in [-0.2, 0) is 6.54 Å². The van der Waals surface area contributed by atoms with E-state index in [4.69, 9.17) is 0 Å². The van der Waals surface area contributed by atoms with E-state index in [9.17, 15) is 0 Å². The second-order valence-electron chi connectivity index (χ2n) is 8.41. The molecule has 0 atom stereocenters. The van der Waals surface area contributed by atoms with Gasteiger partial charge in [0.15, 0.2) is 0 Å². The minimum absolute atomic E-state index is 1.10. The van der Waals surface area contributed by atoms with Gasteiger partial charge in [0.05, 0.1) is 0 Å². The number of benzene rings is 1. The maximum Gasteiger partial charge on any atom is 0.0220 e. The van der Waals surface area contributed by atoms with Crippen molar-refractivity contribution in [2.24, 2.45) is 0 Å². The van der Waals surface area contributed by atoms with Crippen LogP contribution >= 0.6 is 0 Å². The van der Waals surface area contributed by atoms with E-state index in [1.165, 1.54) is 71.3 Å². The molecule has 2 nitrogen and oxygen atoms in total. The largest absolute Gasteiger partial charge is 0.354 e. The summed E-state index contributed by atoms with van der Waals surface area (Å²) in [7, 11) is 0. The Hall–Kier alpha value is -1.80. The molecule has 3 rings (SSSR count). The first-order chi connectivity index (χ1) is 12.9. The molecule has 27 heavy (non-hydrogen) atoms. The average Bonchev–Trinajstić information content (AvgIpc) is 3.08. The van der Waals surface area contributed by atoms with Gasteiger partial charge in [-0.1, -0.05) is 6.08 Å². The molecule has 0 aliphatic carbocycles. The molecule has 0 unspecified atom stereocenters. The van der Waals surface area contributed by atoms with E-state index in [0.717, 1.165) is 13.1 Å². The third kappa shape index (κ3) is 4.38. The normalized spacial score (nSPS) is 15.3. The van der Waals surface area contributed by atoms with Gasteiger partial charge in [-0.2, -0.15) is 0 Å². The van der Waals surface area contributed by atoms with Crippen LogP contribution in [0.5, 0.6) is 0 Å². The van der Waals surface area contributed by atoms with Crippen LogP contribution in [0.4, 0.5) is 0 Å². The van der Waals surface area contributed by atoms with Gasteiger partial charge >= 0.3 is 0 Å². The summed E-state index contributed by atoms with van der Waals surface area (Å²) < 4.78 is 2.32. The van der Waals surface area contributed by atoms with Crippen molar-refractivity contribution in [2.45, 2.75) is 67.3 Å². The first kappa shape index (κ1) is 19.9. The van der Waals surface area contributed by atoms with Gasteiger partial charge in [0.25, 0.3) is 0 Å². The summed E-state index contributed by atoms with van der Waals surface area (Å²) in [5.41, 5.74) is 11.8. The SMILES string of the molecule is Cc1ccn(CCCCN2CC=C(c3c(C)c(C)c(C)c(C)c3C)CC2)c1. The van der Waals surface area contributed by atoms with Crippen LogP contribution < -0.4 is 0 Å². The van der Waals surface area contributed by atoms with Crippen molar-refractivity contribution in [1.82, 2.24) is 9.47 Å². The van der Waals surface area contributed by atoms with Gasteiger partial charge < -0.3 is 4.57 Å². The summed E-state index contributed by atoms with van der Waals surface area (Å²) in [6.07, 6.45) is 10.6. The molecule has 146 valence electrons. The van der Waals surface area contributed by atoms with Crippen LogP contribution in [0.3, 0.4) is 0 Å². The number of unbranched alkanes of at least 4 members (excludes halogenated alkanes) is 1. The van der Waals surface area contributed by atoms with Gasteiger partial charge in [0.1, 0.15) is 0 Å². The van der Waals surface area contributed by atoms with Crippen LogP contribution in [0.1, 0.15) is 58.2 Å². The molecular formula is C25H36N2. The van der Waals surface area contributed by atoms with E-state index >= 15 is 0 Å². The van der Waals surface area contributed by atoms with Crippen molar-refractivity contribution in [3.63, 3.8) is 0 Å². The molecular weight excluding hydrogens is 328 g/mol. The molecule has 2 heterocycles. The molecule has 1 aliphatic heterocycles. The fraction of sp³-hybridized carbons (Fsp3) is 0.520. The lowest BCUT2D eigenvalue weighted by Crippen LogP contribution is -2.30. The highest BCUT2D eigenvalue weighted by atomic mass is 15.1. The second kappa shape index (κ2) is 8.48. The number of hydrogen-bond acceptors (Lipinski definition) is 1. The summed E-state index contributed by atoms with van der Waals surface area (Å²) in [5.74, 6) is 0. The quantitative estimate of drug-likeness (QED) is 0.579. The third-order valence-corrected chi connectivity index (χ3v) is 6.65. The average molecular weight is 365 g/mol. The number of hydrogen-bond donors (Lipinski definition) is 0. The Morgan fingerprint density at radius 2 is 1.44 bits per heavy atom. The Bertz CT molecular complexity index is 809. The minimum atomic E-state index is 1.10. The van der Waals surface area contributed by atoms with Crippen LogP contribution in [0, 0.1) is 41.5 Å². The zero-order chi connectivity index (χ0) is 19.6. The van der Waals surface area contributed by atoms with Gasteiger partial charge in [-0.25, -0.2) is 0 Å². The lowest BCUT2D eigenvalue weighted by Gasteiger charge is -2.29. The fourth-order valence-electron chi connectivity index (χ4n) is 4.45. The van der Waals surface area contributed by atoms with Crippen molar-refractivity contribution < 1.29 is 0 Å². The highest BCUT2D eigenvalue weighted by Gasteiger charge is 2.19. The van der Waals surface area contributed by atoms with Crippen LogP contribution in [0.2, 0.25) is 0 Å². The zero-order valence-electron chi connectivity index (χ0n) is 18.2. The van der Waals surface area contributed by atoms with Crippen molar-refractivity contribution >= 4 is 5.57 Å². The lowest BCUT2D eigenvalue weighted by atomic mass is 9.84. The van der Waals surface area contributed by atoms with Crippen LogP contribution in [-0.4, -0.2) is 29.1 Å². The number of rotatable bonds is 6. The molecule has 0 saturated carbocycles. The maximum absolute atomic E-state index is 2.61. The molecule has 0 fully saturated rings. The van der Waals surface area contributed by atoms with Gasteiger partial charge in [-0.3, -0.25) is 4.90 Å². The first-order valence-corrected chi connectivity index (χ1v) is 10.5. The molecule has 0 bridgehead atoms. The highest BCUT2D eigenvalue weighted by molar-refractivity contribution is 5.74. The number of aryl methyl sites for hydroxylation is 2. The van der Waals surface area contributed by atoms with Crippen molar-refractivity contribution in [3.05, 3.63) is 63.5 Å². The van der Waals surface area contributed by atoms with E-state index in [0.29, 0.717) is 0 Å². The summed E-state index contributed by atoms with van der Waals surface area (Å²) in [6.45, 7) is 18.2. The topological polar surface area (TPSA) is 8.17 Å². The third-order valence-electron chi connectivity index (χ3n) is 6.65. The Morgan fingerprint density at radius 1 is 0.815 bits per heavy atom. The van der Waals surface area contributed by atoms with Gasteiger partial charge in [-0.15, -0.1) is 0 Å². The standard InChI is InChI=1S/C25H36N2/c1-18-9-14-27(17-18)13-8-7-12-26-15-10-24(11-16-26)25-22(5)20(3)19(2)21(4)23(25)6/h9-10,14,17H,7-8,11-13,15-16H2,1-6H3. The Kier molecular flexibility index (Phi) is 6.26. The smallest absolute Gasteiger partial charge is 0.0220 e. The molecule has 1 aromatic heterocycles. The highest BCUT2D eigenvalue weighted by Crippen LogP contribution is 2.33. The predicted octanol–water partition coefficient (Wildman–Crippen LogP) is 5.91. The molecule has 0 spiro atoms. The molecule has 2 aromatic rings. The monoisotopic (exact) mass is 364 g/mol. The van der Waals surface area contributed by atoms with Crippen LogP contribution in [0.25, 0.3) is 5.57 Å². The summed E-state index contributed by atoms with van der Waals surface area (Å²) in [6, 6.07) is 2.19. The van der Waals surface area contributed by atoms with Gasteiger partial charge in [0, 0.05) is 32.0 Å². The Morgan fingerprint density at radius 3 is 2.00 bits per heavy atom. The van der Waals surface area contributed by atoms with E-state index in [-0.39, 0.29) is 0 Å². The van der Waals surface area contributed by atoms with E-state index in [1.807, 2.05) is 0 Å². The molecule has 1 aromatic carbocycles. The summed E-state index contributed by atoms with van der Waals surface area (Å²) >= 11 is 0. The lowest BCUT2D eigenvalue weighted by molar-refractivity contribution is 0.292. The Labute approximate surface area is 165 Å². The molecule has 2 heteroatoms. The fourth-order valence-corrected chi connectivity index (χ4v) is 4.45. The van der Waals surface area contributed by atoms with Gasteiger partial charge in [-0.05, 0) is 118 Å². The van der Waals surface area contributed by atoms with E-state index in [2.05, 4.69) is 75.5 Å². The number of nitrogens with zero attached hydrogens (tertiary/aromatic N) is 2. The zero-order valence-corrected chi connectivity index (χ0v) is 18.2. The minimum Gasteiger partial charge on any atom is -0.354 e. The predicted molar refractivity (Wildman–Crippen MR) is 118 cm³/mol. The molecule has 0 amide bonds. The Balaban J connectivity index is 1.57. The summed E-state index contributed by atoms with van der Waals surface area (Å²) in [5, 5.41) is 0. The maximum atomic E-state index is 2.61. The first-order valence-electron chi connectivity index (χ1n) is 10.5. The summed E-state index contributed by atoms with van der Waals surface area (Å²) in [4.78, 5) is 2.61. The van der Waals surface area contributed by atoms with Crippen molar-refractivity contribution in [1.29, 1.82) is 0 Å². The molecule has 0 saturated heterocycles. The molecule has 0 radical (unpaired) electrons. The molecule has 1 aliphatic rings. The van der Waals surface area contributed by atoms with Crippen molar-refractivity contribution in [3.8, 4) is 0 Å². The van der Waals surface area contributed by atoms with Crippen LogP contribution in [0.15, 0.2) is 24.5 Å². The molecule has 0 N–H and O–H groups in total.